The van der Waals surface area contributed by atoms with Crippen LogP contribution in [0, 0.1) is 0 Å². The van der Waals surface area contributed by atoms with Crippen LogP contribution in [-0.4, -0.2) is 56.4 Å². The summed E-state index contributed by atoms with van der Waals surface area (Å²) in [7, 11) is 0. The van der Waals surface area contributed by atoms with Crippen LogP contribution in [0.3, 0.4) is 0 Å². The maximum atomic E-state index is 12.7. The van der Waals surface area contributed by atoms with E-state index in [1.54, 1.807) is 30.1 Å². The number of aromatic nitrogens is 3. The van der Waals surface area contributed by atoms with Crippen LogP contribution in [0.2, 0.25) is 0 Å². The van der Waals surface area contributed by atoms with Crippen molar-refractivity contribution in [2.24, 2.45) is 0 Å². The van der Waals surface area contributed by atoms with E-state index in [1.807, 2.05) is 27.8 Å². The van der Waals surface area contributed by atoms with Crippen molar-refractivity contribution in [3.8, 4) is 5.82 Å². The molecule has 1 aliphatic rings. The maximum Gasteiger partial charge on any atom is 0.255 e. The summed E-state index contributed by atoms with van der Waals surface area (Å²) in [5.74, 6) is 0.815. The van der Waals surface area contributed by atoms with Crippen LogP contribution < -0.4 is 0 Å². The lowest BCUT2D eigenvalue weighted by Crippen LogP contribution is -2.48. The summed E-state index contributed by atoms with van der Waals surface area (Å²) in [6, 6.07) is 7.93. The Morgan fingerprint density at radius 3 is 2.68 bits per heavy atom. The third kappa shape index (κ3) is 3.62. The van der Waals surface area contributed by atoms with Crippen molar-refractivity contribution in [3.05, 3.63) is 65.0 Å². The first-order chi connectivity index (χ1) is 12.3. The first-order valence-corrected chi connectivity index (χ1v) is 9.16. The number of piperazine rings is 1. The van der Waals surface area contributed by atoms with Crippen molar-refractivity contribution in [2.45, 2.75) is 6.54 Å². The molecule has 3 aromatic heterocycles. The summed E-state index contributed by atoms with van der Waals surface area (Å²) in [4.78, 5) is 26.7. The average molecular weight is 353 g/mol. The lowest BCUT2D eigenvalue weighted by Gasteiger charge is -2.34. The van der Waals surface area contributed by atoms with Gasteiger partial charge in [-0.3, -0.25) is 14.3 Å². The SMILES string of the molecule is O=C(c1ccc(-n2ccnc2)nc1)N1CCN(Cc2cccs2)CC1. The first-order valence-electron chi connectivity index (χ1n) is 8.28. The number of thiophene rings is 1. The first kappa shape index (κ1) is 16.0. The number of carbonyl (C=O) groups is 1. The van der Waals surface area contributed by atoms with Gasteiger partial charge in [0.25, 0.3) is 5.91 Å². The number of rotatable bonds is 4. The van der Waals surface area contributed by atoms with E-state index < -0.39 is 0 Å². The van der Waals surface area contributed by atoms with Gasteiger partial charge in [0.15, 0.2) is 0 Å². The van der Waals surface area contributed by atoms with Gasteiger partial charge in [-0.2, -0.15) is 0 Å². The minimum Gasteiger partial charge on any atom is -0.336 e. The highest BCUT2D eigenvalue weighted by molar-refractivity contribution is 7.09. The number of hydrogen-bond donors (Lipinski definition) is 0. The predicted molar refractivity (Wildman–Crippen MR) is 96.9 cm³/mol. The average Bonchev–Trinajstić information content (AvgIpc) is 3.36. The van der Waals surface area contributed by atoms with E-state index in [1.165, 1.54) is 4.88 Å². The zero-order chi connectivity index (χ0) is 17.1. The van der Waals surface area contributed by atoms with E-state index >= 15 is 0 Å². The summed E-state index contributed by atoms with van der Waals surface area (Å²) in [6.07, 6.45) is 6.87. The van der Waals surface area contributed by atoms with Gasteiger partial charge in [-0.25, -0.2) is 9.97 Å². The summed E-state index contributed by atoms with van der Waals surface area (Å²) >= 11 is 1.78. The number of nitrogens with zero attached hydrogens (tertiary/aromatic N) is 5. The molecule has 0 aliphatic carbocycles. The molecule has 0 radical (unpaired) electrons. The highest BCUT2D eigenvalue weighted by Gasteiger charge is 2.22. The van der Waals surface area contributed by atoms with Crippen LogP contribution in [0.25, 0.3) is 5.82 Å². The van der Waals surface area contributed by atoms with Gasteiger partial charge in [-0.15, -0.1) is 11.3 Å². The highest BCUT2D eigenvalue weighted by Crippen LogP contribution is 2.15. The predicted octanol–water partition coefficient (Wildman–Crippen LogP) is 2.29. The van der Waals surface area contributed by atoms with Gasteiger partial charge in [0.1, 0.15) is 12.1 Å². The van der Waals surface area contributed by atoms with Crippen molar-refractivity contribution >= 4 is 17.2 Å². The second-order valence-corrected chi connectivity index (χ2v) is 7.05. The molecule has 1 fully saturated rings. The lowest BCUT2D eigenvalue weighted by molar-refractivity contribution is 0.0629. The molecule has 1 aliphatic heterocycles. The fourth-order valence-electron chi connectivity index (χ4n) is 2.97. The van der Waals surface area contributed by atoms with Gasteiger partial charge in [-0.1, -0.05) is 6.07 Å². The topological polar surface area (TPSA) is 54.3 Å². The minimum atomic E-state index is 0.0560. The number of amides is 1. The van der Waals surface area contributed by atoms with Gasteiger partial charge in [0.05, 0.1) is 5.56 Å². The minimum absolute atomic E-state index is 0.0560. The zero-order valence-electron chi connectivity index (χ0n) is 13.8. The van der Waals surface area contributed by atoms with Gasteiger partial charge in [0.2, 0.25) is 0 Å². The Morgan fingerprint density at radius 1 is 1.16 bits per heavy atom. The summed E-state index contributed by atoms with van der Waals surface area (Å²) < 4.78 is 1.82. The van der Waals surface area contributed by atoms with Gasteiger partial charge >= 0.3 is 0 Å². The van der Waals surface area contributed by atoms with Crippen molar-refractivity contribution < 1.29 is 4.79 Å². The molecule has 128 valence electrons. The van der Waals surface area contributed by atoms with Crippen LogP contribution in [0.15, 0.2) is 54.6 Å². The zero-order valence-corrected chi connectivity index (χ0v) is 14.6. The Balaban J connectivity index is 1.35. The Hall–Kier alpha value is -2.51. The fraction of sp³-hybridized carbons (Fsp3) is 0.278. The van der Waals surface area contributed by atoms with Crippen LogP contribution in [-0.2, 0) is 6.54 Å². The van der Waals surface area contributed by atoms with E-state index in [2.05, 4.69) is 32.4 Å². The third-order valence-electron chi connectivity index (χ3n) is 4.38. The molecule has 0 spiro atoms. The van der Waals surface area contributed by atoms with E-state index in [9.17, 15) is 4.79 Å². The van der Waals surface area contributed by atoms with E-state index in [0.717, 1.165) is 38.5 Å². The molecule has 0 bridgehead atoms. The normalized spacial score (nSPS) is 15.4. The molecule has 7 heteroatoms. The quantitative estimate of drug-likeness (QED) is 0.722. The number of imidazole rings is 1. The Morgan fingerprint density at radius 2 is 2.04 bits per heavy atom. The molecule has 0 atom stereocenters. The molecule has 6 nitrogen and oxygen atoms in total. The largest absolute Gasteiger partial charge is 0.336 e. The van der Waals surface area contributed by atoms with Crippen molar-refractivity contribution in [1.82, 2.24) is 24.3 Å². The second-order valence-electron chi connectivity index (χ2n) is 6.02. The Bertz CT molecular complexity index is 806. The second kappa shape index (κ2) is 7.16. The highest BCUT2D eigenvalue weighted by atomic mass is 32.1. The van der Waals surface area contributed by atoms with Crippen molar-refractivity contribution in [3.63, 3.8) is 0 Å². The van der Waals surface area contributed by atoms with Crippen LogP contribution in [0.1, 0.15) is 15.2 Å². The molecule has 3 aromatic rings. The molecular formula is C18H19N5OS. The summed E-state index contributed by atoms with van der Waals surface area (Å²) in [5, 5.41) is 2.11. The molecule has 0 aromatic carbocycles. The Kier molecular flexibility index (Phi) is 4.58. The molecule has 0 saturated carbocycles. The van der Waals surface area contributed by atoms with Gasteiger partial charge in [-0.05, 0) is 23.6 Å². The van der Waals surface area contributed by atoms with E-state index in [-0.39, 0.29) is 5.91 Å². The third-order valence-corrected chi connectivity index (χ3v) is 5.24. The van der Waals surface area contributed by atoms with Crippen LogP contribution in [0.5, 0.6) is 0 Å². The molecule has 4 heterocycles. The number of pyridine rings is 1. The number of carbonyl (C=O) groups excluding carboxylic acids is 1. The monoisotopic (exact) mass is 353 g/mol. The number of hydrogen-bond acceptors (Lipinski definition) is 5. The Labute approximate surface area is 150 Å². The smallest absolute Gasteiger partial charge is 0.255 e. The van der Waals surface area contributed by atoms with Gasteiger partial charge < -0.3 is 4.90 Å². The molecule has 1 amide bonds. The van der Waals surface area contributed by atoms with Crippen LogP contribution >= 0.6 is 11.3 Å². The van der Waals surface area contributed by atoms with Crippen LogP contribution in [0.4, 0.5) is 0 Å². The van der Waals surface area contributed by atoms with Crippen molar-refractivity contribution in [2.75, 3.05) is 26.2 Å². The molecule has 4 rings (SSSR count). The molecule has 25 heavy (non-hydrogen) atoms. The summed E-state index contributed by atoms with van der Waals surface area (Å²) in [6.45, 7) is 4.30. The standard InChI is InChI=1S/C18H19N5OS/c24-18(15-3-4-17(20-12-15)23-6-5-19-14-23)22-9-7-21(8-10-22)13-16-2-1-11-25-16/h1-6,11-12,14H,7-10,13H2. The maximum absolute atomic E-state index is 12.7. The lowest BCUT2D eigenvalue weighted by atomic mass is 10.2. The molecule has 0 N–H and O–H groups in total. The van der Waals surface area contributed by atoms with E-state index in [0.29, 0.717) is 5.56 Å². The fourth-order valence-corrected chi connectivity index (χ4v) is 3.72. The summed E-state index contributed by atoms with van der Waals surface area (Å²) in [5.41, 5.74) is 0.635. The van der Waals surface area contributed by atoms with E-state index in [4.69, 9.17) is 0 Å². The molecular weight excluding hydrogens is 334 g/mol. The van der Waals surface area contributed by atoms with Crippen molar-refractivity contribution in [1.29, 1.82) is 0 Å². The molecule has 0 unspecified atom stereocenters. The molecule has 1 saturated heterocycles. The van der Waals surface area contributed by atoms with Gasteiger partial charge in [0, 0.05) is 56.2 Å².